The Morgan fingerprint density at radius 3 is 2.78 bits per heavy atom. The highest BCUT2D eigenvalue weighted by Gasteiger charge is 2.21. The zero-order chi connectivity index (χ0) is 13.1. The van der Waals surface area contributed by atoms with Gasteiger partial charge in [-0.05, 0) is 29.7 Å². The Morgan fingerprint density at radius 2 is 2.11 bits per heavy atom. The van der Waals surface area contributed by atoms with Crippen molar-refractivity contribution in [2.75, 3.05) is 13.2 Å². The van der Waals surface area contributed by atoms with Gasteiger partial charge >= 0.3 is 0 Å². The molecule has 0 amide bonds. The molecule has 1 aliphatic rings. The first kappa shape index (κ1) is 13.0. The minimum absolute atomic E-state index is 0.174. The van der Waals surface area contributed by atoms with Crippen LogP contribution in [0.2, 0.25) is 0 Å². The van der Waals surface area contributed by atoms with Crippen molar-refractivity contribution in [2.24, 2.45) is 15.9 Å². The summed E-state index contributed by atoms with van der Waals surface area (Å²) < 4.78 is 13.8. The van der Waals surface area contributed by atoms with Gasteiger partial charge in [-0.3, -0.25) is 0 Å². The first-order chi connectivity index (χ1) is 8.58. The van der Waals surface area contributed by atoms with Crippen LogP contribution in [0.15, 0.2) is 34.3 Å². The van der Waals surface area contributed by atoms with E-state index in [2.05, 4.69) is 23.8 Å². The van der Waals surface area contributed by atoms with E-state index in [1.807, 2.05) is 4.90 Å². The van der Waals surface area contributed by atoms with Crippen molar-refractivity contribution < 1.29 is 4.39 Å². The van der Waals surface area contributed by atoms with Crippen LogP contribution < -0.4 is 0 Å². The van der Waals surface area contributed by atoms with Gasteiger partial charge in [-0.1, -0.05) is 26.0 Å². The van der Waals surface area contributed by atoms with Crippen LogP contribution in [0, 0.1) is 11.7 Å². The average Bonchev–Trinajstić information content (AvgIpc) is 2.32. The molecule has 0 saturated heterocycles. The molecule has 0 spiro atoms. The van der Waals surface area contributed by atoms with Crippen LogP contribution in [0.25, 0.3) is 0 Å². The fourth-order valence-corrected chi connectivity index (χ4v) is 2.00. The fraction of sp³-hybridized carbons (Fsp3) is 0.385. The first-order valence-corrected chi connectivity index (χ1v) is 6.24. The second-order valence-electron chi connectivity index (χ2n) is 4.60. The number of hydrogen-bond acceptors (Lipinski definition) is 3. The molecule has 0 N–H and O–H groups in total. The quantitative estimate of drug-likeness (QED) is 0.774. The number of benzene rings is 1. The lowest BCUT2D eigenvalue weighted by atomic mass is 10.1. The third kappa shape index (κ3) is 2.88. The van der Waals surface area contributed by atoms with Gasteiger partial charge in [0.1, 0.15) is 18.3 Å². The summed E-state index contributed by atoms with van der Waals surface area (Å²) >= 11 is 5.83. The van der Waals surface area contributed by atoms with Crippen LogP contribution in [0.3, 0.4) is 0 Å². The summed E-state index contributed by atoms with van der Waals surface area (Å²) in [6.07, 6.45) is 0. The molecule has 1 aromatic rings. The Kier molecular flexibility index (Phi) is 3.97. The molecule has 2 rings (SSSR count). The van der Waals surface area contributed by atoms with Gasteiger partial charge in [0, 0.05) is 6.54 Å². The Bertz CT molecular complexity index is 497. The van der Waals surface area contributed by atoms with Gasteiger partial charge in [-0.15, -0.1) is 0 Å². The van der Waals surface area contributed by atoms with Gasteiger partial charge in [0.25, 0.3) is 0 Å². The van der Waals surface area contributed by atoms with E-state index in [1.165, 1.54) is 6.07 Å². The average molecular weight is 268 g/mol. The summed E-state index contributed by atoms with van der Waals surface area (Å²) in [5, 5.41) is 0.174. The Hall–Kier alpha value is -1.42. The molecule has 5 heteroatoms. The number of halogens is 2. The molecule has 0 atom stereocenters. The van der Waals surface area contributed by atoms with E-state index in [0.29, 0.717) is 24.0 Å². The predicted octanol–water partition coefficient (Wildman–Crippen LogP) is 3.10. The van der Waals surface area contributed by atoms with E-state index in [-0.39, 0.29) is 11.1 Å². The standard InChI is InChI=1S/C13H15ClFN3/c1-9(2)7-18-8-16-13(14)17-12(18)10-5-3-4-6-11(10)15/h3-6,9H,7-8H2,1-2H3. The molecule has 3 nitrogen and oxygen atoms in total. The second kappa shape index (κ2) is 5.48. The number of amidine groups is 2. The van der Waals surface area contributed by atoms with Crippen LogP contribution >= 0.6 is 11.6 Å². The van der Waals surface area contributed by atoms with Crippen LogP contribution in [-0.2, 0) is 0 Å². The predicted molar refractivity (Wildman–Crippen MR) is 72.6 cm³/mol. The van der Waals surface area contributed by atoms with Gasteiger partial charge in [-0.25, -0.2) is 14.4 Å². The first-order valence-electron chi connectivity index (χ1n) is 5.86. The lowest BCUT2D eigenvalue weighted by molar-refractivity contribution is 0.372. The maximum Gasteiger partial charge on any atom is 0.221 e. The van der Waals surface area contributed by atoms with Crippen molar-refractivity contribution in [2.45, 2.75) is 13.8 Å². The molecule has 0 fully saturated rings. The normalized spacial score (nSPS) is 15.7. The maximum atomic E-state index is 13.8. The molecule has 0 saturated carbocycles. The van der Waals surface area contributed by atoms with Crippen LogP contribution in [0.1, 0.15) is 19.4 Å². The lowest BCUT2D eigenvalue weighted by Crippen LogP contribution is -2.38. The third-order valence-corrected chi connectivity index (χ3v) is 2.77. The minimum Gasteiger partial charge on any atom is -0.336 e. The molecule has 0 radical (unpaired) electrons. The van der Waals surface area contributed by atoms with E-state index in [0.717, 1.165) is 6.54 Å². The molecule has 0 aliphatic carbocycles. The Labute approximate surface area is 111 Å². The van der Waals surface area contributed by atoms with Gasteiger partial charge in [-0.2, -0.15) is 0 Å². The summed E-state index contributed by atoms with van der Waals surface area (Å²) in [5.41, 5.74) is 0.464. The van der Waals surface area contributed by atoms with Crippen molar-refractivity contribution in [3.63, 3.8) is 0 Å². The monoisotopic (exact) mass is 267 g/mol. The van der Waals surface area contributed by atoms with Gasteiger partial charge in [0.2, 0.25) is 5.29 Å². The van der Waals surface area contributed by atoms with Gasteiger partial charge < -0.3 is 4.90 Å². The van der Waals surface area contributed by atoms with E-state index in [4.69, 9.17) is 11.6 Å². The highest BCUT2D eigenvalue weighted by Crippen LogP contribution is 2.16. The number of hydrogen-bond donors (Lipinski definition) is 0. The zero-order valence-corrected chi connectivity index (χ0v) is 11.2. The smallest absolute Gasteiger partial charge is 0.221 e. The molecule has 1 aromatic carbocycles. The van der Waals surface area contributed by atoms with Gasteiger partial charge in [0.05, 0.1) is 5.56 Å². The third-order valence-electron chi connectivity index (χ3n) is 2.57. The molecule has 1 aliphatic heterocycles. The highest BCUT2D eigenvalue weighted by atomic mass is 35.5. The summed E-state index contributed by atoms with van der Waals surface area (Å²) in [5.74, 6) is 0.701. The molecular formula is C13H15ClFN3. The molecule has 0 aromatic heterocycles. The summed E-state index contributed by atoms with van der Waals surface area (Å²) in [4.78, 5) is 10.2. The second-order valence-corrected chi connectivity index (χ2v) is 4.94. The van der Waals surface area contributed by atoms with Crippen molar-refractivity contribution in [3.05, 3.63) is 35.6 Å². The van der Waals surface area contributed by atoms with Crippen LogP contribution in [0.5, 0.6) is 0 Å². The molecular weight excluding hydrogens is 253 g/mol. The van der Waals surface area contributed by atoms with E-state index in [9.17, 15) is 4.39 Å². The molecule has 0 unspecified atom stereocenters. The summed E-state index contributed by atoms with van der Waals surface area (Å²) in [7, 11) is 0. The molecule has 0 bridgehead atoms. The molecule has 18 heavy (non-hydrogen) atoms. The highest BCUT2D eigenvalue weighted by molar-refractivity contribution is 6.65. The number of nitrogens with zero attached hydrogens (tertiary/aromatic N) is 3. The molecule has 1 heterocycles. The maximum absolute atomic E-state index is 13.8. The van der Waals surface area contributed by atoms with Gasteiger partial charge in [0.15, 0.2) is 0 Å². The van der Waals surface area contributed by atoms with E-state index in [1.54, 1.807) is 18.2 Å². The van der Waals surface area contributed by atoms with Crippen molar-refractivity contribution in [1.29, 1.82) is 0 Å². The number of rotatable bonds is 3. The lowest BCUT2D eigenvalue weighted by Gasteiger charge is -2.28. The van der Waals surface area contributed by atoms with Crippen LogP contribution in [0.4, 0.5) is 4.39 Å². The minimum atomic E-state index is -0.295. The zero-order valence-electron chi connectivity index (χ0n) is 10.4. The van der Waals surface area contributed by atoms with Crippen molar-refractivity contribution in [1.82, 2.24) is 4.90 Å². The fourth-order valence-electron chi connectivity index (χ4n) is 1.86. The number of aliphatic imine (C=N–C) groups is 2. The topological polar surface area (TPSA) is 28.0 Å². The SMILES string of the molecule is CC(C)CN1CN=C(Cl)N=C1c1ccccc1F. The summed E-state index contributed by atoms with van der Waals surface area (Å²) in [6, 6.07) is 6.57. The Balaban J connectivity index is 2.37. The summed E-state index contributed by atoms with van der Waals surface area (Å²) in [6.45, 7) is 5.38. The van der Waals surface area contributed by atoms with E-state index < -0.39 is 0 Å². The largest absolute Gasteiger partial charge is 0.336 e. The van der Waals surface area contributed by atoms with Crippen LogP contribution in [-0.4, -0.2) is 29.2 Å². The molecule has 96 valence electrons. The van der Waals surface area contributed by atoms with E-state index >= 15 is 0 Å². The van der Waals surface area contributed by atoms with Crippen molar-refractivity contribution in [3.8, 4) is 0 Å². The van der Waals surface area contributed by atoms with Crippen molar-refractivity contribution >= 4 is 22.7 Å². The Morgan fingerprint density at radius 1 is 1.39 bits per heavy atom.